The lowest BCUT2D eigenvalue weighted by atomic mass is 9.79. The fourth-order valence-corrected chi connectivity index (χ4v) is 3.37. The molecule has 0 bridgehead atoms. The fourth-order valence-electron chi connectivity index (χ4n) is 3.37. The topological polar surface area (TPSA) is 85.2 Å². The van der Waals surface area contributed by atoms with Crippen molar-refractivity contribution in [1.29, 1.82) is 0 Å². The molecule has 1 aliphatic carbocycles. The molecule has 1 aromatic heterocycles. The quantitative estimate of drug-likeness (QED) is 0.928. The van der Waals surface area contributed by atoms with Gasteiger partial charge in [0.05, 0.1) is 0 Å². The summed E-state index contributed by atoms with van der Waals surface area (Å²) >= 11 is 0. The summed E-state index contributed by atoms with van der Waals surface area (Å²) in [6.07, 6.45) is 3.06. The van der Waals surface area contributed by atoms with Crippen LogP contribution in [-0.2, 0) is 0 Å². The number of benzene rings is 1. The Balaban J connectivity index is 1.55. The number of carbonyl (C=O) groups excluding carboxylic acids is 1. The highest BCUT2D eigenvalue weighted by Crippen LogP contribution is 2.39. The first-order valence-corrected chi connectivity index (χ1v) is 8.93. The Hall–Kier alpha value is -2.21. The standard InChI is InChI=1S/C19H24N4O2/c1-19(2)11-23(9-8-15(19)20)18(24)14-5-3-4-13(10-14)16-21-17(25-22-16)12-6-7-12/h3-5,10,12,15H,6-9,11,20H2,1-2H3. The number of nitrogens with two attached hydrogens (primary N) is 1. The number of carbonyl (C=O) groups is 1. The summed E-state index contributed by atoms with van der Waals surface area (Å²) in [6, 6.07) is 7.61. The Kier molecular flexibility index (Phi) is 3.87. The molecule has 0 radical (unpaired) electrons. The van der Waals surface area contributed by atoms with E-state index in [1.165, 1.54) is 0 Å². The number of amides is 1. The van der Waals surface area contributed by atoms with E-state index in [1.807, 2.05) is 29.2 Å². The maximum Gasteiger partial charge on any atom is 0.253 e. The van der Waals surface area contributed by atoms with Crippen LogP contribution < -0.4 is 5.73 Å². The smallest absolute Gasteiger partial charge is 0.253 e. The number of aromatic nitrogens is 2. The number of piperidine rings is 1. The van der Waals surface area contributed by atoms with Gasteiger partial charge < -0.3 is 15.2 Å². The van der Waals surface area contributed by atoms with Crippen molar-refractivity contribution in [1.82, 2.24) is 15.0 Å². The highest BCUT2D eigenvalue weighted by molar-refractivity contribution is 5.95. The first-order chi connectivity index (χ1) is 11.9. The maximum absolute atomic E-state index is 12.9. The molecule has 2 aromatic rings. The second kappa shape index (κ2) is 5.95. The highest BCUT2D eigenvalue weighted by atomic mass is 16.5. The number of likely N-dealkylation sites (tertiary alicyclic amines) is 1. The Bertz CT molecular complexity index is 794. The molecule has 2 aliphatic rings. The van der Waals surface area contributed by atoms with Crippen LogP contribution in [0.15, 0.2) is 28.8 Å². The highest BCUT2D eigenvalue weighted by Gasteiger charge is 2.35. The Morgan fingerprint density at radius 2 is 2.12 bits per heavy atom. The number of hydrogen-bond acceptors (Lipinski definition) is 5. The second-order valence-electron chi connectivity index (χ2n) is 7.92. The molecule has 25 heavy (non-hydrogen) atoms. The van der Waals surface area contributed by atoms with E-state index in [0.29, 0.717) is 36.3 Å². The van der Waals surface area contributed by atoms with Gasteiger partial charge in [-0.3, -0.25) is 4.79 Å². The average Bonchev–Trinajstić information content (AvgIpc) is 3.34. The summed E-state index contributed by atoms with van der Waals surface area (Å²) in [6.45, 7) is 5.60. The molecule has 6 heteroatoms. The van der Waals surface area contributed by atoms with Crippen LogP contribution in [0.2, 0.25) is 0 Å². The number of rotatable bonds is 3. The molecule has 6 nitrogen and oxygen atoms in total. The molecular formula is C19H24N4O2. The molecule has 2 N–H and O–H groups in total. The molecule has 132 valence electrons. The Morgan fingerprint density at radius 3 is 2.84 bits per heavy atom. The van der Waals surface area contributed by atoms with Gasteiger partial charge in [-0.05, 0) is 36.8 Å². The SMILES string of the molecule is CC1(C)CN(C(=O)c2cccc(-c3noc(C4CC4)n3)c2)CCC1N. The van der Waals surface area contributed by atoms with Crippen molar-refractivity contribution < 1.29 is 9.32 Å². The molecule has 2 fully saturated rings. The number of nitrogens with zero attached hydrogens (tertiary/aromatic N) is 3. The fraction of sp³-hybridized carbons (Fsp3) is 0.526. The summed E-state index contributed by atoms with van der Waals surface area (Å²) in [5.41, 5.74) is 7.58. The van der Waals surface area contributed by atoms with Gasteiger partial charge in [0.1, 0.15) is 0 Å². The zero-order valence-corrected chi connectivity index (χ0v) is 14.7. The summed E-state index contributed by atoms with van der Waals surface area (Å²) in [5, 5.41) is 4.07. The third-order valence-corrected chi connectivity index (χ3v) is 5.34. The number of hydrogen-bond donors (Lipinski definition) is 1. The van der Waals surface area contributed by atoms with Gasteiger partial charge in [0.15, 0.2) is 0 Å². The predicted molar refractivity (Wildman–Crippen MR) is 94.0 cm³/mol. The van der Waals surface area contributed by atoms with Crippen molar-refractivity contribution in [2.45, 2.75) is 45.1 Å². The van der Waals surface area contributed by atoms with Crippen LogP contribution in [-0.4, -0.2) is 40.1 Å². The third kappa shape index (κ3) is 3.18. The first kappa shape index (κ1) is 16.3. The van der Waals surface area contributed by atoms with Crippen molar-refractivity contribution >= 4 is 5.91 Å². The molecule has 2 heterocycles. The lowest BCUT2D eigenvalue weighted by Gasteiger charge is -2.42. The minimum Gasteiger partial charge on any atom is -0.339 e. The molecule has 1 saturated carbocycles. The van der Waals surface area contributed by atoms with E-state index >= 15 is 0 Å². The van der Waals surface area contributed by atoms with Crippen molar-refractivity contribution in [3.63, 3.8) is 0 Å². The van der Waals surface area contributed by atoms with Crippen LogP contribution in [0.3, 0.4) is 0 Å². The van der Waals surface area contributed by atoms with Crippen LogP contribution in [0.1, 0.15) is 55.3 Å². The molecule has 0 spiro atoms. The third-order valence-electron chi connectivity index (χ3n) is 5.34. The van der Waals surface area contributed by atoms with Crippen molar-refractivity contribution in [2.24, 2.45) is 11.1 Å². The summed E-state index contributed by atoms with van der Waals surface area (Å²) < 4.78 is 5.33. The van der Waals surface area contributed by atoms with Crippen LogP contribution in [0.5, 0.6) is 0 Å². The van der Waals surface area contributed by atoms with E-state index in [2.05, 4.69) is 24.0 Å². The van der Waals surface area contributed by atoms with Gasteiger partial charge >= 0.3 is 0 Å². The van der Waals surface area contributed by atoms with Crippen molar-refractivity contribution in [3.05, 3.63) is 35.7 Å². The van der Waals surface area contributed by atoms with Crippen LogP contribution in [0, 0.1) is 5.41 Å². The molecule has 1 aliphatic heterocycles. The van der Waals surface area contributed by atoms with E-state index in [4.69, 9.17) is 10.3 Å². The van der Waals surface area contributed by atoms with Crippen molar-refractivity contribution in [3.8, 4) is 11.4 Å². The second-order valence-corrected chi connectivity index (χ2v) is 7.92. The van der Waals surface area contributed by atoms with Gasteiger partial charge in [-0.2, -0.15) is 4.98 Å². The zero-order valence-electron chi connectivity index (χ0n) is 14.7. The van der Waals surface area contributed by atoms with E-state index in [9.17, 15) is 4.79 Å². The van der Waals surface area contributed by atoms with Crippen LogP contribution >= 0.6 is 0 Å². The molecule has 1 saturated heterocycles. The lowest BCUT2D eigenvalue weighted by molar-refractivity contribution is 0.0533. The van der Waals surface area contributed by atoms with Gasteiger partial charge in [-0.1, -0.05) is 31.1 Å². The molecule has 1 unspecified atom stereocenters. The zero-order chi connectivity index (χ0) is 17.6. The molecule has 1 amide bonds. The van der Waals surface area contributed by atoms with E-state index in [0.717, 1.165) is 24.8 Å². The van der Waals surface area contributed by atoms with Gasteiger partial charge in [-0.25, -0.2) is 0 Å². The summed E-state index contributed by atoms with van der Waals surface area (Å²) in [4.78, 5) is 19.3. The Labute approximate surface area is 147 Å². The largest absolute Gasteiger partial charge is 0.339 e. The van der Waals surface area contributed by atoms with Gasteiger partial charge in [0.25, 0.3) is 5.91 Å². The molecular weight excluding hydrogens is 316 g/mol. The minimum absolute atomic E-state index is 0.0349. The van der Waals surface area contributed by atoms with Gasteiger partial charge in [0.2, 0.25) is 11.7 Å². The van der Waals surface area contributed by atoms with Gasteiger partial charge in [-0.15, -0.1) is 0 Å². The molecule has 1 aromatic carbocycles. The lowest BCUT2D eigenvalue weighted by Crippen LogP contribution is -2.54. The van der Waals surface area contributed by atoms with Crippen LogP contribution in [0.4, 0.5) is 0 Å². The van der Waals surface area contributed by atoms with E-state index in [-0.39, 0.29) is 17.4 Å². The summed E-state index contributed by atoms with van der Waals surface area (Å²) in [7, 11) is 0. The van der Waals surface area contributed by atoms with E-state index < -0.39 is 0 Å². The normalized spacial score (nSPS) is 22.8. The van der Waals surface area contributed by atoms with E-state index in [1.54, 1.807) is 0 Å². The predicted octanol–water partition coefficient (Wildman–Crippen LogP) is 2.81. The van der Waals surface area contributed by atoms with Crippen LogP contribution in [0.25, 0.3) is 11.4 Å². The van der Waals surface area contributed by atoms with Crippen molar-refractivity contribution in [2.75, 3.05) is 13.1 Å². The molecule has 4 rings (SSSR count). The average molecular weight is 340 g/mol. The first-order valence-electron chi connectivity index (χ1n) is 8.93. The minimum atomic E-state index is -0.0711. The molecule has 1 atom stereocenters. The monoisotopic (exact) mass is 340 g/mol. The Morgan fingerprint density at radius 1 is 1.32 bits per heavy atom. The van der Waals surface area contributed by atoms with Gasteiger partial charge in [0, 0.05) is 36.2 Å². The summed E-state index contributed by atoms with van der Waals surface area (Å²) in [5.74, 6) is 1.72. The maximum atomic E-state index is 12.9.